The predicted octanol–water partition coefficient (Wildman–Crippen LogP) is 3.29. The second kappa shape index (κ2) is 6.85. The summed E-state index contributed by atoms with van der Waals surface area (Å²) in [6.45, 7) is 0.634. The van der Waals surface area contributed by atoms with Gasteiger partial charge in [0.2, 0.25) is 11.0 Å². The topological polar surface area (TPSA) is 59.9 Å². The number of ether oxygens (including phenoxy) is 1. The van der Waals surface area contributed by atoms with Crippen molar-refractivity contribution in [3.63, 3.8) is 0 Å². The number of hydrogen-bond donors (Lipinski definition) is 1. The van der Waals surface area contributed by atoms with Crippen molar-refractivity contribution < 1.29 is 4.74 Å². The van der Waals surface area contributed by atoms with Gasteiger partial charge < -0.3 is 10.1 Å². The summed E-state index contributed by atoms with van der Waals surface area (Å²) in [6.07, 6.45) is 6.51. The van der Waals surface area contributed by atoms with Gasteiger partial charge in [-0.3, -0.25) is 0 Å². The molecule has 1 aliphatic rings. The standard InChI is InChI=1S/C15H20N4OS/c1-20-13-8-4-7-12(17-13)10-16-15-19-18-14(21-15)9-11-5-2-3-6-11/h4,7-8,11H,2-3,5-6,9-10H2,1H3,(H,16,19). The second-order valence-electron chi connectivity index (χ2n) is 5.38. The van der Waals surface area contributed by atoms with Gasteiger partial charge in [0.15, 0.2) is 0 Å². The average molecular weight is 304 g/mol. The minimum Gasteiger partial charge on any atom is -0.481 e. The van der Waals surface area contributed by atoms with Crippen molar-refractivity contribution >= 4 is 16.5 Å². The van der Waals surface area contributed by atoms with Gasteiger partial charge in [-0.2, -0.15) is 0 Å². The minimum absolute atomic E-state index is 0.633. The third-order valence-corrected chi connectivity index (χ3v) is 4.72. The molecule has 0 radical (unpaired) electrons. The minimum atomic E-state index is 0.633. The molecule has 0 saturated heterocycles. The first kappa shape index (κ1) is 14.3. The molecule has 21 heavy (non-hydrogen) atoms. The van der Waals surface area contributed by atoms with Crippen LogP contribution in [0.15, 0.2) is 18.2 Å². The molecule has 0 spiro atoms. The van der Waals surface area contributed by atoms with Crippen LogP contribution in [0.4, 0.5) is 5.13 Å². The second-order valence-corrected chi connectivity index (χ2v) is 6.44. The zero-order chi connectivity index (χ0) is 14.5. The molecule has 2 aromatic heterocycles. The summed E-state index contributed by atoms with van der Waals surface area (Å²) < 4.78 is 5.12. The van der Waals surface area contributed by atoms with E-state index in [1.165, 1.54) is 25.7 Å². The number of pyridine rings is 1. The molecule has 0 unspecified atom stereocenters. The summed E-state index contributed by atoms with van der Waals surface area (Å²) in [6, 6.07) is 5.75. The Kier molecular flexibility index (Phi) is 4.65. The normalized spacial score (nSPS) is 15.3. The first-order valence-corrected chi connectivity index (χ1v) is 8.21. The molecule has 1 saturated carbocycles. The van der Waals surface area contributed by atoms with E-state index in [9.17, 15) is 0 Å². The number of aromatic nitrogens is 3. The molecule has 0 bridgehead atoms. The molecule has 1 N–H and O–H groups in total. The highest BCUT2D eigenvalue weighted by Gasteiger charge is 2.17. The Morgan fingerprint density at radius 1 is 1.29 bits per heavy atom. The highest BCUT2D eigenvalue weighted by atomic mass is 32.1. The average Bonchev–Trinajstić information content (AvgIpc) is 3.18. The number of rotatable bonds is 6. The smallest absolute Gasteiger partial charge is 0.213 e. The molecule has 0 aromatic carbocycles. The summed E-state index contributed by atoms with van der Waals surface area (Å²) in [4.78, 5) is 4.37. The summed E-state index contributed by atoms with van der Waals surface area (Å²) in [5.41, 5.74) is 0.932. The van der Waals surface area contributed by atoms with Gasteiger partial charge in [0.25, 0.3) is 0 Å². The number of methoxy groups -OCH3 is 1. The lowest BCUT2D eigenvalue weighted by Crippen LogP contribution is -2.02. The number of nitrogens with one attached hydrogen (secondary N) is 1. The zero-order valence-corrected chi connectivity index (χ0v) is 13.0. The van der Waals surface area contributed by atoms with Crippen LogP contribution in [0.3, 0.4) is 0 Å². The van der Waals surface area contributed by atoms with Crippen molar-refractivity contribution in [2.75, 3.05) is 12.4 Å². The van der Waals surface area contributed by atoms with E-state index in [-0.39, 0.29) is 0 Å². The van der Waals surface area contributed by atoms with Crippen molar-refractivity contribution in [2.45, 2.75) is 38.6 Å². The SMILES string of the molecule is COc1cccc(CNc2nnc(CC3CCCC3)s2)n1. The van der Waals surface area contributed by atoms with E-state index < -0.39 is 0 Å². The quantitative estimate of drug-likeness (QED) is 0.887. The van der Waals surface area contributed by atoms with Crippen molar-refractivity contribution in [3.8, 4) is 5.88 Å². The van der Waals surface area contributed by atoms with Gasteiger partial charge in [-0.15, -0.1) is 10.2 Å². The van der Waals surface area contributed by atoms with E-state index in [0.717, 1.165) is 28.2 Å². The van der Waals surface area contributed by atoms with Crippen LogP contribution in [0.5, 0.6) is 5.88 Å². The van der Waals surface area contributed by atoms with Crippen LogP contribution in [-0.4, -0.2) is 22.3 Å². The highest BCUT2D eigenvalue weighted by molar-refractivity contribution is 7.15. The zero-order valence-electron chi connectivity index (χ0n) is 12.2. The van der Waals surface area contributed by atoms with Gasteiger partial charge in [-0.1, -0.05) is 43.1 Å². The summed E-state index contributed by atoms with van der Waals surface area (Å²) in [5, 5.41) is 13.8. The van der Waals surface area contributed by atoms with Crippen LogP contribution in [0.25, 0.3) is 0 Å². The molecular weight excluding hydrogens is 284 g/mol. The molecule has 1 aliphatic carbocycles. The monoisotopic (exact) mass is 304 g/mol. The lowest BCUT2D eigenvalue weighted by molar-refractivity contribution is 0.396. The van der Waals surface area contributed by atoms with Crippen LogP contribution in [0.1, 0.15) is 36.4 Å². The van der Waals surface area contributed by atoms with Gasteiger partial charge in [0.05, 0.1) is 19.3 Å². The predicted molar refractivity (Wildman–Crippen MR) is 83.7 cm³/mol. The maximum Gasteiger partial charge on any atom is 0.213 e. The van der Waals surface area contributed by atoms with E-state index in [0.29, 0.717) is 12.4 Å². The van der Waals surface area contributed by atoms with E-state index in [2.05, 4.69) is 20.5 Å². The Labute approximate surface area is 128 Å². The fraction of sp³-hybridized carbons (Fsp3) is 0.533. The van der Waals surface area contributed by atoms with Crippen molar-refractivity contribution in [1.29, 1.82) is 0 Å². The molecule has 2 aromatic rings. The fourth-order valence-electron chi connectivity index (χ4n) is 2.70. The van der Waals surface area contributed by atoms with Crippen LogP contribution >= 0.6 is 11.3 Å². The van der Waals surface area contributed by atoms with Crippen LogP contribution in [0, 0.1) is 5.92 Å². The van der Waals surface area contributed by atoms with Gasteiger partial charge in [0.1, 0.15) is 5.01 Å². The molecular formula is C15H20N4OS. The lowest BCUT2D eigenvalue weighted by Gasteiger charge is -2.04. The van der Waals surface area contributed by atoms with E-state index in [4.69, 9.17) is 4.74 Å². The third kappa shape index (κ3) is 3.91. The maximum absolute atomic E-state index is 5.12. The Bertz CT molecular complexity index is 581. The van der Waals surface area contributed by atoms with Crippen molar-refractivity contribution in [1.82, 2.24) is 15.2 Å². The first-order chi connectivity index (χ1) is 10.3. The molecule has 1 fully saturated rings. The van der Waals surface area contributed by atoms with Gasteiger partial charge in [0, 0.05) is 12.5 Å². The van der Waals surface area contributed by atoms with E-state index in [1.807, 2.05) is 18.2 Å². The van der Waals surface area contributed by atoms with Gasteiger partial charge in [-0.05, 0) is 12.0 Å². The van der Waals surface area contributed by atoms with Gasteiger partial charge >= 0.3 is 0 Å². The lowest BCUT2D eigenvalue weighted by atomic mass is 10.1. The Morgan fingerprint density at radius 2 is 2.14 bits per heavy atom. The highest BCUT2D eigenvalue weighted by Crippen LogP contribution is 2.29. The molecule has 6 heteroatoms. The Hall–Kier alpha value is -1.69. The first-order valence-electron chi connectivity index (χ1n) is 7.39. The molecule has 0 aliphatic heterocycles. The largest absolute Gasteiger partial charge is 0.481 e. The van der Waals surface area contributed by atoms with Gasteiger partial charge in [-0.25, -0.2) is 4.98 Å². The summed E-state index contributed by atoms with van der Waals surface area (Å²) in [7, 11) is 1.62. The van der Waals surface area contributed by atoms with E-state index in [1.54, 1.807) is 18.4 Å². The number of anilines is 1. The molecule has 5 nitrogen and oxygen atoms in total. The Morgan fingerprint density at radius 3 is 2.95 bits per heavy atom. The number of hydrogen-bond acceptors (Lipinski definition) is 6. The maximum atomic E-state index is 5.12. The Balaban J connectivity index is 1.54. The van der Waals surface area contributed by atoms with Crippen molar-refractivity contribution in [2.24, 2.45) is 5.92 Å². The van der Waals surface area contributed by atoms with Crippen LogP contribution < -0.4 is 10.1 Å². The summed E-state index contributed by atoms with van der Waals surface area (Å²) >= 11 is 1.66. The fourth-order valence-corrected chi connectivity index (χ4v) is 3.55. The molecule has 2 heterocycles. The summed E-state index contributed by atoms with van der Waals surface area (Å²) in [5.74, 6) is 1.44. The molecule has 0 atom stereocenters. The van der Waals surface area contributed by atoms with Crippen LogP contribution in [0.2, 0.25) is 0 Å². The third-order valence-electron chi connectivity index (χ3n) is 3.82. The number of nitrogens with zero attached hydrogens (tertiary/aromatic N) is 3. The molecule has 0 amide bonds. The van der Waals surface area contributed by atoms with E-state index >= 15 is 0 Å². The molecule has 3 rings (SSSR count). The molecule has 112 valence electrons. The van der Waals surface area contributed by atoms with Crippen LogP contribution in [-0.2, 0) is 13.0 Å². The van der Waals surface area contributed by atoms with Crippen molar-refractivity contribution in [3.05, 3.63) is 28.9 Å².